The summed E-state index contributed by atoms with van der Waals surface area (Å²) in [5, 5.41) is 0. The van der Waals surface area contributed by atoms with E-state index in [2.05, 4.69) is 62.9 Å². The standard InChI is InChI=1S/C15H23NO/c1-12-14(13-8-6-5-7-9-13)17-11-16(12)10-15(2,3)4/h5-9,12,14H,10-11H2,1-4H3/t12-,14-/m1/s1. The maximum Gasteiger partial charge on any atom is 0.100 e. The molecule has 1 saturated heterocycles. The van der Waals surface area contributed by atoms with Crippen molar-refractivity contribution < 1.29 is 4.74 Å². The molecule has 0 aliphatic carbocycles. The second kappa shape index (κ2) is 4.79. The average molecular weight is 233 g/mol. The molecule has 1 aliphatic rings. The van der Waals surface area contributed by atoms with Gasteiger partial charge in [0, 0.05) is 12.6 Å². The van der Waals surface area contributed by atoms with Crippen molar-refractivity contribution in [2.24, 2.45) is 5.41 Å². The highest BCUT2D eigenvalue weighted by atomic mass is 16.5. The van der Waals surface area contributed by atoms with Gasteiger partial charge in [0.25, 0.3) is 0 Å². The SMILES string of the molecule is C[C@@H]1[C@H](c2ccccc2)OCN1CC(C)(C)C. The van der Waals surface area contributed by atoms with Crippen molar-refractivity contribution >= 4 is 0 Å². The molecule has 0 amide bonds. The van der Waals surface area contributed by atoms with Crippen LogP contribution >= 0.6 is 0 Å². The van der Waals surface area contributed by atoms with E-state index in [0.717, 1.165) is 13.3 Å². The van der Waals surface area contributed by atoms with Crippen molar-refractivity contribution in [3.63, 3.8) is 0 Å². The van der Waals surface area contributed by atoms with Crippen molar-refractivity contribution in [1.29, 1.82) is 0 Å². The van der Waals surface area contributed by atoms with Gasteiger partial charge in [0.1, 0.15) is 6.73 Å². The number of benzene rings is 1. The van der Waals surface area contributed by atoms with Gasteiger partial charge in [-0.3, -0.25) is 4.90 Å². The molecule has 2 atom stereocenters. The van der Waals surface area contributed by atoms with Gasteiger partial charge in [-0.1, -0.05) is 51.1 Å². The highest BCUT2D eigenvalue weighted by Crippen LogP contribution is 2.32. The molecule has 94 valence electrons. The first-order valence-corrected chi connectivity index (χ1v) is 6.38. The Morgan fingerprint density at radius 1 is 1.24 bits per heavy atom. The molecule has 2 rings (SSSR count). The maximum absolute atomic E-state index is 5.94. The van der Waals surface area contributed by atoms with Crippen LogP contribution in [0.1, 0.15) is 39.4 Å². The van der Waals surface area contributed by atoms with Crippen LogP contribution < -0.4 is 0 Å². The Labute approximate surface area is 105 Å². The first kappa shape index (κ1) is 12.6. The Morgan fingerprint density at radius 2 is 1.88 bits per heavy atom. The minimum Gasteiger partial charge on any atom is -0.357 e. The average Bonchev–Trinajstić information content (AvgIpc) is 2.60. The summed E-state index contributed by atoms with van der Waals surface area (Å²) in [5.74, 6) is 0. The summed E-state index contributed by atoms with van der Waals surface area (Å²) in [4.78, 5) is 2.43. The van der Waals surface area contributed by atoms with E-state index in [1.165, 1.54) is 5.56 Å². The predicted octanol–water partition coefficient (Wildman–Crippen LogP) is 3.45. The molecule has 0 radical (unpaired) electrons. The first-order chi connectivity index (χ1) is 7.97. The highest BCUT2D eigenvalue weighted by Gasteiger charge is 2.34. The molecular formula is C15H23NO. The van der Waals surface area contributed by atoms with Gasteiger partial charge in [-0.05, 0) is 17.9 Å². The third-order valence-electron chi connectivity index (χ3n) is 3.24. The van der Waals surface area contributed by atoms with Crippen molar-refractivity contribution in [3.8, 4) is 0 Å². The highest BCUT2D eigenvalue weighted by molar-refractivity contribution is 5.19. The number of nitrogens with zero attached hydrogens (tertiary/aromatic N) is 1. The van der Waals surface area contributed by atoms with Gasteiger partial charge in [-0.25, -0.2) is 0 Å². The summed E-state index contributed by atoms with van der Waals surface area (Å²) in [6.07, 6.45) is 0.221. The summed E-state index contributed by atoms with van der Waals surface area (Å²) in [5.41, 5.74) is 1.61. The molecule has 1 aliphatic heterocycles. The summed E-state index contributed by atoms with van der Waals surface area (Å²) in [6.45, 7) is 10.9. The van der Waals surface area contributed by atoms with Crippen LogP contribution in [-0.2, 0) is 4.74 Å². The zero-order chi connectivity index (χ0) is 12.5. The maximum atomic E-state index is 5.94. The van der Waals surface area contributed by atoms with Gasteiger partial charge in [-0.2, -0.15) is 0 Å². The molecule has 1 fully saturated rings. The number of hydrogen-bond donors (Lipinski definition) is 0. The molecule has 2 nitrogen and oxygen atoms in total. The van der Waals surface area contributed by atoms with E-state index in [1.54, 1.807) is 0 Å². The number of ether oxygens (including phenoxy) is 1. The van der Waals surface area contributed by atoms with Crippen LogP contribution in [0.25, 0.3) is 0 Å². The topological polar surface area (TPSA) is 12.5 Å². The van der Waals surface area contributed by atoms with Gasteiger partial charge < -0.3 is 4.74 Å². The van der Waals surface area contributed by atoms with Crippen LogP contribution in [0.2, 0.25) is 0 Å². The Morgan fingerprint density at radius 3 is 2.47 bits per heavy atom. The van der Waals surface area contributed by atoms with E-state index in [-0.39, 0.29) is 6.10 Å². The molecule has 0 spiro atoms. The lowest BCUT2D eigenvalue weighted by atomic mass is 9.94. The summed E-state index contributed by atoms with van der Waals surface area (Å²) in [6, 6.07) is 11.0. The summed E-state index contributed by atoms with van der Waals surface area (Å²) in [7, 11) is 0. The minimum absolute atomic E-state index is 0.221. The Kier molecular flexibility index (Phi) is 3.55. The van der Waals surface area contributed by atoms with E-state index in [9.17, 15) is 0 Å². The van der Waals surface area contributed by atoms with Crippen molar-refractivity contribution in [1.82, 2.24) is 4.90 Å². The molecule has 0 bridgehead atoms. The van der Waals surface area contributed by atoms with Crippen molar-refractivity contribution in [2.45, 2.75) is 39.8 Å². The quantitative estimate of drug-likeness (QED) is 0.775. The number of hydrogen-bond acceptors (Lipinski definition) is 2. The fourth-order valence-electron chi connectivity index (χ4n) is 2.44. The largest absolute Gasteiger partial charge is 0.357 e. The second-order valence-electron chi connectivity index (χ2n) is 6.18. The van der Waals surface area contributed by atoms with E-state index in [4.69, 9.17) is 4.74 Å². The zero-order valence-electron chi connectivity index (χ0n) is 11.3. The lowest BCUT2D eigenvalue weighted by Gasteiger charge is -2.29. The van der Waals surface area contributed by atoms with Crippen LogP contribution in [0.5, 0.6) is 0 Å². The summed E-state index contributed by atoms with van der Waals surface area (Å²) >= 11 is 0. The molecule has 1 aromatic carbocycles. The van der Waals surface area contributed by atoms with E-state index < -0.39 is 0 Å². The van der Waals surface area contributed by atoms with Crippen molar-refractivity contribution in [3.05, 3.63) is 35.9 Å². The number of rotatable bonds is 2. The fourth-order valence-corrected chi connectivity index (χ4v) is 2.44. The van der Waals surface area contributed by atoms with E-state index >= 15 is 0 Å². The van der Waals surface area contributed by atoms with Crippen LogP contribution in [0.15, 0.2) is 30.3 Å². The van der Waals surface area contributed by atoms with Gasteiger partial charge in [-0.15, -0.1) is 0 Å². The van der Waals surface area contributed by atoms with Crippen LogP contribution in [0.4, 0.5) is 0 Å². The second-order valence-corrected chi connectivity index (χ2v) is 6.18. The Hall–Kier alpha value is -0.860. The van der Waals surface area contributed by atoms with Crippen molar-refractivity contribution in [2.75, 3.05) is 13.3 Å². The predicted molar refractivity (Wildman–Crippen MR) is 70.8 cm³/mol. The summed E-state index contributed by atoms with van der Waals surface area (Å²) < 4.78 is 5.94. The Balaban J connectivity index is 2.05. The smallest absolute Gasteiger partial charge is 0.100 e. The molecule has 0 N–H and O–H groups in total. The Bertz CT molecular complexity index is 355. The molecule has 2 heteroatoms. The molecule has 17 heavy (non-hydrogen) atoms. The lowest BCUT2D eigenvalue weighted by Crippen LogP contribution is -2.36. The molecule has 0 aromatic heterocycles. The monoisotopic (exact) mass is 233 g/mol. The fraction of sp³-hybridized carbons (Fsp3) is 0.600. The molecule has 0 saturated carbocycles. The van der Waals surface area contributed by atoms with Gasteiger partial charge in [0.15, 0.2) is 0 Å². The van der Waals surface area contributed by atoms with Gasteiger partial charge >= 0.3 is 0 Å². The van der Waals surface area contributed by atoms with Crippen LogP contribution in [0.3, 0.4) is 0 Å². The molecular weight excluding hydrogens is 210 g/mol. The van der Waals surface area contributed by atoms with E-state index in [0.29, 0.717) is 11.5 Å². The van der Waals surface area contributed by atoms with Crippen LogP contribution in [0, 0.1) is 5.41 Å². The zero-order valence-corrected chi connectivity index (χ0v) is 11.3. The van der Waals surface area contributed by atoms with Crippen LogP contribution in [-0.4, -0.2) is 24.2 Å². The third kappa shape index (κ3) is 3.08. The normalized spacial score (nSPS) is 26.4. The molecule has 1 aromatic rings. The van der Waals surface area contributed by atoms with Gasteiger partial charge in [0.05, 0.1) is 6.10 Å². The molecule has 0 unspecified atom stereocenters. The van der Waals surface area contributed by atoms with Gasteiger partial charge in [0.2, 0.25) is 0 Å². The first-order valence-electron chi connectivity index (χ1n) is 6.38. The van der Waals surface area contributed by atoms with E-state index in [1.807, 2.05) is 0 Å². The third-order valence-corrected chi connectivity index (χ3v) is 3.24. The molecule has 1 heterocycles. The minimum atomic E-state index is 0.221. The lowest BCUT2D eigenvalue weighted by molar-refractivity contribution is 0.0803.